The van der Waals surface area contributed by atoms with Gasteiger partial charge >= 0.3 is 5.97 Å². The molecule has 13 heavy (non-hydrogen) atoms. The predicted octanol–water partition coefficient (Wildman–Crippen LogP) is 0.951. The van der Waals surface area contributed by atoms with Crippen molar-refractivity contribution < 1.29 is 14.7 Å². The molecule has 0 saturated heterocycles. The van der Waals surface area contributed by atoms with Crippen LogP contribution in [0.5, 0.6) is 0 Å². The summed E-state index contributed by atoms with van der Waals surface area (Å²) in [7, 11) is 0. The van der Waals surface area contributed by atoms with Crippen LogP contribution >= 0.6 is 11.3 Å². The highest BCUT2D eigenvalue weighted by Gasteiger charge is 2.15. The number of carbonyl (C=O) groups is 2. The zero-order valence-electron chi connectivity index (χ0n) is 6.98. The Bertz CT molecular complexity index is 307. The van der Waals surface area contributed by atoms with Gasteiger partial charge in [-0.25, -0.2) is 0 Å². The molecule has 1 aromatic heterocycles. The Balaban J connectivity index is 2.56. The van der Waals surface area contributed by atoms with Gasteiger partial charge in [0.15, 0.2) is 0 Å². The molecule has 0 radical (unpaired) electrons. The van der Waals surface area contributed by atoms with E-state index < -0.39 is 12.0 Å². The molecule has 0 bridgehead atoms. The molecule has 70 valence electrons. The van der Waals surface area contributed by atoms with Crippen molar-refractivity contribution in [1.82, 2.24) is 5.32 Å². The average Bonchev–Trinajstić information content (AvgIpc) is 2.55. The van der Waals surface area contributed by atoms with Gasteiger partial charge in [-0.2, -0.15) is 0 Å². The van der Waals surface area contributed by atoms with E-state index in [0.717, 1.165) is 0 Å². The van der Waals surface area contributed by atoms with Crippen LogP contribution in [0.2, 0.25) is 0 Å². The molecule has 5 heteroatoms. The lowest BCUT2D eigenvalue weighted by atomic mass is 10.3. The monoisotopic (exact) mass is 199 g/mol. The number of aliphatic carboxylic acids is 1. The van der Waals surface area contributed by atoms with Crippen LogP contribution in [0.3, 0.4) is 0 Å². The molecule has 1 rings (SSSR count). The summed E-state index contributed by atoms with van der Waals surface area (Å²) in [4.78, 5) is 22.2. The Morgan fingerprint density at radius 3 is 2.77 bits per heavy atom. The molecule has 0 aromatic carbocycles. The van der Waals surface area contributed by atoms with Crippen LogP contribution in [0.25, 0.3) is 0 Å². The van der Waals surface area contributed by atoms with E-state index in [1.54, 1.807) is 17.5 Å². The Kier molecular flexibility index (Phi) is 3.02. The van der Waals surface area contributed by atoms with Crippen molar-refractivity contribution in [3.8, 4) is 0 Å². The zero-order chi connectivity index (χ0) is 9.84. The lowest BCUT2D eigenvalue weighted by Gasteiger charge is -2.06. The highest BCUT2D eigenvalue weighted by molar-refractivity contribution is 7.12. The number of thiophene rings is 1. The predicted molar refractivity (Wildman–Crippen MR) is 48.9 cm³/mol. The summed E-state index contributed by atoms with van der Waals surface area (Å²) in [5, 5.41) is 12.6. The third-order valence-corrected chi connectivity index (χ3v) is 2.33. The van der Waals surface area contributed by atoms with Gasteiger partial charge in [0.1, 0.15) is 6.04 Å². The third-order valence-electron chi connectivity index (χ3n) is 1.46. The van der Waals surface area contributed by atoms with Crippen LogP contribution in [0.1, 0.15) is 16.6 Å². The topological polar surface area (TPSA) is 66.4 Å². The maximum Gasteiger partial charge on any atom is 0.325 e. The quantitative estimate of drug-likeness (QED) is 0.761. The maximum atomic E-state index is 11.3. The maximum absolute atomic E-state index is 11.3. The van der Waals surface area contributed by atoms with E-state index in [0.29, 0.717) is 4.88 Å². The molecular formula is C8H9NO3S. The van der Waals surface area contributed by atoms with Crippen molar-refractivity contribution in [2.75, 3.05) is 0 Å². The molecule has 4 nitrogen and oxygen atoms in total. The molecule has 0 unspecified atom stereocenters. The Morgan fingerprint density at radius 2 is 2.31 bits per heavy atom. The van der Waals surface area contributed by atoms with Crippen LogP contribution in [-0.4, -0.2) is 23.0 Å². The molecule has 1 amide bonds. The molecule has 0 spiro atoms. The lowest BCUT2D eigenvalue weighted by Crippen LogP contribution is -2.37. The first-order chi connectivity index (χ1) is 6.11. The standard InChI is InChI=1S/C8H9NO3S/c1-5(8(11)12)9-7(10)6-3-2-4-13-6/h2-5H,1H3,(H,9,10)(H,11,12)/t5-/m0/s1. The zero-order valence-corrected chi connectivity index (χ0v) is 7.80. The van der Waals surface area contributed by atoms with Gasteiger partial charge in [0.05, 0.1) is 4.88 Å². The van der Waals surface area contributed by atoms with Gasteiger partial charge in [-0.05, 0) is 18.4 Å². The van der Waals surface area contributed by atoms with Crippen LogP contribution in [0.4, 0.5) is 0 Å². The summed E-state index contributed by atoms with van der Waals surface area (Å²) in [6, 6.07) is 2.54. The van der Waals surface area contributed by atoms with E-state index in [4.69, 9.17) is 5.11 Å². The smallest absolute Gasteiger partial charge is 0.325 e. The van der Waals surface area contributed by atoms with Crippen molar-refractivity contribution in [3.05, 3.63) is 22.4 Å². The normalized spacial score (nSPS) is 12.1. The van der Waals surface area contributed by atoms with E-state index >= 15 is 0 Å². The highest BCUT2D eigenvalue weighted by atomic mass is 32.1. The highest BCUT2D eigenvalue weighted by Crippen LogP contribution is 2.07. The van der Waals surface area contributed by atoms with Gasteiger partial charge in [-0.1, -0.05) is 6.07 Å². The fourth-order valence-electron chi connectivity index (χ4n) is 0.737. The summed E-state index contributed by atoms with van der Waals surface area (Å²) in [6.45, 7) is 1.42. The Hall–Kier alpha value is -1.36. The average molecular weight is 199 g/mol. The summed E-state index contributed by atoms with van der Waals surface area (Å²) in [6.07, 6.45) is 0. The van der Waals surface area contributed by atoms with Gasteiger partial charge in [0.2, 0.25) is 0 Å². The van der Waals surface area contributed by atoms with Gasteiger partial charge in [0.25, 0.3) is 5.91 Å². The first-order valence-corrected chi connectivity index (χ1v) is 4.56. The van der Waals surface area contributed by atoms with Gasteiger partial charge in [-0.3, -0.25) is 9.59 Å². The first kappa shape index (κ1) is 9.73. The molecular weight excluding hydrogens is 190 g/mol. The summed E-state index contributed by atoms with van der Waals surface area (Å²) in [5.74, 6) is -1.38. The minimum atomic E-state index is -1.04. The third kappa shape index (κ3) is 2.55. The number of rotatable bonds is 3. The largest absolute Gasteiger partial charge is 0.480 e. The number of hydrogen-bond acceptors (Lipinski definition) is 3. The second kappa shape index (κ2) is 4.04. The van der Waals surface area contributed by atoms with E-state index in [2.05, 4.69) is 5.32 Å². The summed E-state index contributed by atoms with van der Waals surface area (Å²) < 4.78 is 0. The summed E-state index contributed by atoms with van der Waals surface area (Å²) in [5.41, 5.74) is 0. The summed E-state index contributed by atoms with van der Waals surface area (Å²) >= 11 is 1.28. The van der Waals surface area contributed by atoms with Gasteiger partial charge in [0, 0.05) is 0 Å². The fraction of sp³-hybridized carbons (Fsp3) is 0.250. The second-order valence-corrected chi connectivity index (χ2v) is 3.46. The number of carbonyl (C=O) groups excluding carboxylic acids is 1. The molecule has 0 aliphatic rings. The van der Waals surface area contributed by atoms with E-state index in [1.807, 2.05) is 0 Å². The van der Waals surface area contributed by atoms with E-state index in [9.17, 15) is 9.59 Å². The second-order valence-electron chi connectivity index (χ2n) is 2.51. The molecule has 0 aliphatic carbocycles. The van der Waals surface area contributed by atoms with Crippen LogP contribution in [0, 0.1) is 0 Å². The van der Waals surface area contributed by atoms with Gasteiger partial charge in [-0.15, -0.1) is 11.3 Å². The number of carboxylic acids is 1. The molecule has 0 fully saturated rings. The fourth-order valence-corrected chi connectivity index (χ4v) is 1.36. The molecule has 0 saturated carbocycles. The van der Waals surface area contributed by atoms with Crippen molar-refractivity contribution in [3.63, 3.8) is 0 Å². The van der Waals surface area contributed by atoms with Crippen molar-refractivity contribution in [1.29, 1.82) is 0 Å². The van der Waals surface area contributed by atoms with Gasteiger partial charge < -0.3 is 10.4 Å². The van der Waals surface area contributed by atoms with Crippen LogP contribution < -0.4 is 5.32 Å². The number of amides is 1. The Labute approximate surface area is 79.2 Å². The minimum Gasteiger partial charge on any atom is -0.480 e. The number of carboxylic acid groups (broad SMARTS) is 1. The number of nitrogens with one attached hydrogen (secondary N) is 1. The molecule has 0 aliphatic heterocycles. The van der Waals surface area contributed by atoms with Crippen LogP contribution in [0.15, 0.2) is 17.5 Å². The van der Waals surface area contributed by atoms with E-state index in [1.165, 1.54) is 18.3 Å². The molecule has 2 N–H and O–H groups in total. The first-order valence-electron chi connectivity index (χ1n) is 3.68. The van der Waals surface area contributed by atoms with Crippen molar-refractivity contribution in [2.45, 2.75) is 13.0 Å². The number of hydrogen-bond donors (Lipinski definition) is 2. The lowest BCUT2D eigenvalue weighted by molar-refractivity contribution is -0.138. The van der Waals surface area contributed by atoms with Crippen molar-refractivity contribution in [2.24, 2.45) is 0 Å². The minimum absolute atomic E-state index is 0.343. The van der Waals surface area contributed by atoms with Crippen molar-refractivity contribution >= 4 is 23.2 Å². The Morgan fingerprint density at radius 1 is 1.62 bits per heavy atom. The molecule has 1 atom stereocenters. The SMILES string of the molecule is C[C@H](NC(=O)c1cccs1)C(=O)O. The van der Waals surface area contributed by atoms with E-state index in [-0.39, 0.29) is 5.91 Å². The molecule has 1 heterocycles. The van der Waals surface area contributed by atoms with Crippen LogP contribution in [-0.2, 0) is 4.79 Å². The molecule has 1 aromatic rings.